The summed E-state index contributed by atoms with van der Waals surface area (Å²) < 4.78 is 44.2. The van der Waals surface area contributed by atoms with Crippen LogP contribution in [0.25, 0.3) is 0 Å². The average molecular weight is 326 g/mol. The number of anilines is 1. The molecule has 2 nitrogen and oxygen atoms in total. The number of hydrogen-bond acceptors (Lipinski definition) is 2. The zero-order valence-corrected chi connectivity index (χ0v) is 11.7. The Kier molecular flexibility index (Phi) is 5.47. The van der Waals surface area contributed by atoms with Crippen molar-refractivity contribution in [3.8, 4) is 0 Å². The van der Waals surface area contributed by atoms with Crippen LogP contribution in [0.1, 0.15) is 19.4 Å². The summed E-state index contributed by atoms with van der Waals surface area (Å²) in [5.41, 5.74) is -0.613. The number of ether oxygens (including phenoxy) is 1. The van der Waals surface area contributed by atoms with Gasteiger partial charge in [0.1, 0.15) is 0 Å². The molecular formula is C12H15BrF3NO. The Balaban J connectivity index is 2.83. The van der Waals surface area contributed by atoms with Gasteiger partial charge in [-0.1, -0.05) is 15.9 Å². The maximum absolute atomic E-state index is 12.8. The summed E-state index contributed by atoms with van der Waals surface area (Å²) in [6.45, 7) is 4.51. The zero-order chi connectivity index (χ0) is 13.8. The molecule has 6 heteroatoms. The first-order valence-electron chi connectivity index (χ1n) is 5.56. The molecule has 0 aromatic heterocycles. The Morgan fingerprint density at radius 2 is 2.06 bits per heavy atom. The van der Waals surface area contributed by atoms with Crippen LogP contribution in [0.5, 0.6) is 0 Å². The van der Waals surface area contributed by atoms with Gasteiger partial charge in [0, 0.05) is 23.3 Å². The van der Waals surface area contributed by atoms with E-state index in [0.717, 1.165) is 6.07 Å². The van der Waals surface area contributed by atoms with Crippen molar-refractivity contribution in [3.63, 3.8) is 0 Å². The minimum Gasteiger partial charge on any atom is -0.382 e. The van der Waals surface area contributed by atoms with E-state index < -0.39 is 11.7 Å². The van der Waals surface area contributed by atoms with Crippen LogP contribution in [0.3, 0.4) is 0 Å². The smallest absolute Gasteiger partial charge is 0.382 e. The van der Waals surface area contributed by atoms with Gasteiger partial charge in [0.15, 0.2) is 0 Å². The number of halogens is 4. The Morgan fingerprint density at radius 3 is 2.61 bits per heavy atom. The fourth-order valence-corrected chi connectivity index (χ4v) is 1.87. The summed E-state index contributed by atoms with van der Waals surface area (Å²) in [4.78, 5) is 0. The molecule has 0 spiro atoms. The van der Waals surface area contributed by atoms with Crippen LogP contribution < -0.4 is 5.32 Å². The number of benzene rings is 1. The van der Waals surface area contributed by atoms with Crippen molar-refractivity contribution in [2.24, 2.45) is 0 Å². The van der Waals surface area contributed by atoms with Gasteiger partial charge in [-0.15, -0.1) is 0 Å². The average Bonchev–Trinajstić information content (AvgIpc) is 2.25. The quantitative estimate of drug-likeness (QED) is 0.871. The van der Waals surface area contributed by atoms with Gasteiger partial charge in [0.25, 0.3) is 0 Å². The topological polar surface area (TPSA) is 21.3 Å². The Morgan fingerprint density at radius 1 is 1.39 bits per heavy atom. The lowest BCUT2D eigenvalue weighted by Gasteiger charge is -2.17. The molecular weight excluding hydrogens is 311 g/mol. The van der Waals surface area contributed by atoms with E-state index in [2.05, 4.69) is 21.2 Å². The normalized spacial score (nSPS) is 13.4. The lowest BCUT2D eigenvalue weighted by Crippen LogP contribution is -2.21. The molecule has 0 saturated carbocycles. The fourth-order valence-electron chi connectivity index (χ4n) is 1.51. The Bertz CT molecular complexity index is 395. The van der Waals surface area contributed by atoms with Crippen LogP contribution in [0, 0.1) is 0 Å². The van der Waals surface area contributed by atoms with Crippen molar-refractivity contribution >= 4 is 21.6 Å². The first-order chi connectivity index (χ1) is 8.34. The van der Waals surface area contributed by atoms with Crippen molar-refractivity contribution < 1.29 is 17.9 Å². The summed E-state index contributed by atoms with van der Waals surface area (Å²) in [6, 6.07) is 3.85. The van der Waals surface area contributed by atoms with Crippen LogP contribution >= 0.6 is 15.9 Å². The summed E-state index contributed by atoms with van der Waals surface area (Å²) in [5, 5.41) is 2.77. The predicted octanol–water partition coefficient (Wildman–Crippen LogP) is 4.30. The van der Waals surface area contributed by atoms with Crippen LogP contribution in [0.4, 0.5) is 18.9 Å². The molecule has 0 saturated heterocycles. The zero-order valence-electron chi connectivity index (χ0n) is 10.1. The van der Waals surface area contributed by atoms with Gasteiger partial charge in [-0.2, -0.15) is 13.2 Å². The minimum absolute atomic E-state index is 0.0587. The third-order valence-corrected chi connectivity index (χ3v) is 2.81. The van der Waals surface area contributed by atoms with E-state index in [-0.39, 0.29) is 11.8 Å². The van der Waals surface area contributed by atoms with Crippen LogP contribution in [0.2, 0.25) is 0 Å². The van der Waals surface area contributed by atoms with Crippen LogP contribution in [-0.2, 0) is 10.9 Å². The van der Waals surface area contributed by atoms with E-state index in [1.807, 2.05) is 13.8 Å². The van der Waals surface area contributed by atoms with Gasteiger partial charge >= 0.3 is 6.18 Å². The lowest BCUT2D eigenvalue weighted by atomic mass is 10.1. The monoisotopic (exact) mass is 325 g/mol. The molecule has 1 aromatic rings. The highest BCUT2D eigenvalue weighted by Crippen LogP contribution is 2.36. The molecule has 1 aromatic carbocycles. The summed E-state index contributed by atoms with van der Waals surface area (Å²) in [7, 11) is 0. The molecule has 18 heavy (non-hydrogen) atoms. The van der Waals surface area contributed by atoms with Gasteiger partial charge < -0.3 is 10.1 Å². The van der Waals surface area contributed by atoms with E-state index >= 15 is 0 Å². The Hall–Kier alpha value is -0.750. The number of hydrogen-bond donors (Lipinski definition) is 1. The van der Waals surface area contributed by atoms with Crippen molar-refractivity contribution in [2.75, 3.05) is 18.5 Å². The summed E-state index contributed by atoms with van der Waals surface area (Å²) in [6.07, 6.45) is -4.51. The van der Waals surface area contributed by atoms with Crippen LogP contribution in [0.15, 0.2) is 22.7 Å². The number of rotatable bonds is 5. The maximum atomic E-state index is 12.8. The van der Waals surface area contributed by atoms with E-state index in [1.165, 1.54) is 12.1 Å². The predicted molar refractivity (Wildman–Crippen MR) is 68.7 cm³/mol. The minimum atomic E-state index is -4.36. The third-order valence-electron chi connectivity index (χ3n) is 2.32. The van der Waals surface area contributed by atoms with Gasteiger partial charge in [-0.05, 0) is 32.0 Å². The molecule has 0 amide bonds. The van der Waals surface area contributed by atoms with E-state index in [1.54, 1.807) is 0 Å². The fraction of sp³-hybridized carbons (Fsp3) is 0.500. The number of alkyl halides is 3. The third kappa shape index (κ3) is 4.49. The Labute approximate surface area is 113 Å². The molecule has 102 valence electrons. The molecule has 0 radical (unpaired) electrons. The van der Waals surface area contributed by atoms with Gasteiger partial charge in [0.05, 0.1) is 11.7 Å². The van der Waals surface area contributed by atoms with Gasteiger partial charge in [-0.3, -0.25) is 0 Å². The van der Waals surface area contributed by atoms with Crippen molar-refractivity contribution in [1.29, 1.82) is 0 Å². The maximum Gasteiger partial charge on any atom is 0.418 e. The molecule has 0 fully saturated rings. The molecule has 0 aliphatic carbocycles. The second-order valence-corrected chi connectivity index (χ2v) is 4.75. The van der Waals surface area contributed by atoms with Crippen molar-refractivity contribution in [1.82, 2.24) is 0 Å². The van der Waals surface area contributed by atoms with E-state index in [0.29, 0.717) is 17.6 Å². The second kappa shape index (κ2) is 6.43. The SMILES string of the molecule is CCOC(C)CNc1cc(Br)ccc1C(F)(F)F. The van der Waals surface area contributed by atoms with E-state index in [9.17, 15) is 13.2 Å². The van der Waals surface area contributed by atoms with Crippen molar-refractivity contribution in [2.45, 2.75) is 26.1 Å². The second-order valence-electron chi connectivity index (χ2n) is 3.83. The largest absolute Gasteiger partial charge is 0.418 e. The highest BCUT2D eigenvalue weighted by atomic mass is 79.9. The highest BCUT2D eigenvalue weighted by molar-refractivity contribution is 9.10. The van der Waals surface area contributed by atoms with Gasteiger partial charge in [0.2, 0.25) is 0 Å². The lowest BCUT2D eigenvalue weighted by molar-refractivity contribution is -0.137. The first-order valence-corrected chi connectivity index (χ1v) is 6.36. The first kappa shape index (κ1) is 15.3. The molecule has 0 aliphatic rings. The van der Waals surface area contributed by atoms with Crippen LogP contribution in [-0.4, -0.2) is 19.3 Å². The van der Waals surface area contributed by atoms with E-state index in [4.69, 9.17) is 4.74 Å². The van der Waals surface area contributed by atoms with Gasteiger partial charge in [-0.25, -0.2) is 0 Å². The highest BCUT2D eigenvalue weighted by Gasteiger charge is 2.33. The summed E-state index contributed by atoms with van der Waals surface area (Å²) >= 11 is 3.16. The molecule has 0 bridgehead atoms. The molecule has 1 atom stereocenters. The molecule has 0 aliphatic heterocycles. The molecule has 1 N–H and O–H groups in total. The number of nitrogens with one attached hydrogen (secondary N) is 1. The van der Waals surface area contributed by atoms with Crippen molar-refractivity contribution in [3.05, 3.63) is 28.2 Å². The molecule has 1 rings (SSSR count). The summed E-state index contributed by atoms with van der Waals surface area (Å²) in [5.74, 6) is 0. The molecule has 1 unspecified atom stereocenters. The molecule has 0 heterocycles. The standard InChI is InChI=1S/C12H15BrF3NO/c1-3-18-8(2)7-17-11-6-9(13)4-5-10(11)12(14,15)16/h4-6,8,17H,3,7H2,1-2H3.